The summed E-state index contributed by atoms with van der Waals surface area (Å²) in [7, 11) is 0. The zero-order valence-corrected chi connectivity index (χ0v) is 11.2. The van der Waals surface area contributed by atoms with Crippen molar-refractivity contribution in [1.82, 2.24) is 4.98 Å². The molecule has 4 heteroatoms. The first-order valence-corrected chi connectivity index (χ1v) is 6.60. The van der Waals surface area contributed by atoms with Gasteiger partial charge in [0.2, 0.25) is 0 Å². The molecule has 0 amide bonds. The molecule has 0 spiro atoms. The molecule has 1 heterocycles. The summed E-state index contributed by atoms with van der Waals surface area (Å²) in [5, 5.41) is 3.00. The van der Waals surface area contributed by atoms with E-state index in [2.05, 4.69) is 11.6 Å². The molecular formula is C14H16N2OS. The SMILES string of the molecule is C=CCc1cc(N)ccc1OCc1nc(C)cs1. The number of thiazole rings is 1. The molecule has 0 aliphatic rings. The molecule has 2 aromatic rings. The van der Waals surface area contributed by atoms with Crippen LogP contribution in [0.25, 0.3) is 0 Å². The summed E-state index contributed by atoms with van der Waals surface area (Å²) < 4.78 is 5.79. The van der Waals surface area contributed by atoms with Crippen LogP contribution in [0, 0.1) is 6.92 Å². The van der Waals surface area contributed by atoms with Gasteiger partial charge in [-0.1, -0.05) is 6.08 Å². The van der Waals surface area contributed by atoms with Crippen LogP contribution >= 0.6 is 11.3 Å². The highest BCUT2D eigenvalue weighted by Gasteiger charge is 2.05. The van der Waals surface area contributed by atoms with E-state index in [9.17, 15) is 0 Å². The molecule has 0 unspecified atom stereocenters. The molecule has 0 saturated heterocycles. The van der Waals surface area contributed by atoms with Crippen molar-refractivity contribution in [2.45, 2.75) is 20.0 Å². The minimum atomic E-state index is 0.493. The maximum atomic E-state index is 5.79. The quantitative estimate of drug-likeness (QED) is 0.662. The molecule has 0 saturated carbocycles. The van der Waals surface area contributed by atoms with E-state index in [0.717, 1.165) is 34.1 Å². The summed E-state index contributed by atoms with van der Waals surface area (Å²) >= 11 is 1.61. The fraction of sp³-hybridized carbons (Fsp3) is 0.214. The molecule has 0 atom stereocenters. The number of allylic oxidation sites excluding steroid dienone is 1. The molecule has 0 radical (unpaired) electrons. The van der Waals surface area contributed by atoms with E-state index in [1.165, 1.54) is 0 Å². The normalized spacial score (nSPS) is 10.3. The molecule has 0 fully saturated rings. The highest BCUT2D eigenvalue weighted by atomic mass is 32.1. The second-order valence-corrected chi connectivity index (χ2v) is 4.97. The number of anilines is 1. The van der Waals surface area contributed by atoms with Crippen molar-refractivity contribution in [2.24, 2.45) is 0 Å². The second-order valence-electron chi connectivity index (χ2n) is 4.03. The van der Waals surface area contributed by atoms with Gasteiger partial charge in [-0.05, 0) is 37.1 Å². The molecular weight excluding hydrogens is 244 g/mol. The number of aryl methyl sites for hydroxylation is 1. The average molecular weight is 260 g/mol. The fourth-order valence-electron chi connectivity index (χ4n) is 1.66. The third-order valence-corrected chi connectivity index (χ3v) is 3.41. The minimum Gasteiger partial charge on any atom is -0.486 e. The van der Waals surface area contributed by atoms with Gasteiger partial charge in [0.05, 0.1) is 0 Å². The number of ether oxygens (including phenoxy) is 1. The molecule has 18 heavy (non-hydrogen) atoms. The maximum absolute atomic E-state index is 5.79. The first-order chi connectivity index (χ1) is 8.69. The highest BCUT2D eigenvalue weighted by molar-refractivity contribution is 7.09. The predicted molar refractivity (Wildman–Crippen MR) is 75.9 cm³/mol. The number of benzene rings is 1. The topological polar surface area (TPSA) is 48.1 Å². The molecule has 0 aliphatic carbocycles. The molecule has 1 aromatic carbocycles. The Morgan fingerprint density at radius 3 is 3.00 bits per heavy atom. The van der Waals surface area contributed by atoms with E-state index in [4.69, 9.17) is 10.5 Å². The molecule has 2 N–H and O–H groups in total. The summed E-state index contributed by atoms with van der Waals surface area (Å²) in [4.78, 5) is 4.37. The van der Waals surface area contributed by atoms with Crippen LogP contribution in [-0.2, 0) is 13.0 Å². The number of hydrogen-bond donors (Lipinski definition) is 1. The van der Waals surface area contributed by atoms with Gasteiger partial charge in [0, 0.05) is 16.8 Å². The lowest BCUT2D eigenvalue weighted by Crippen LogP contribution is -1.99. The van der Waals surface area contributed by atoms with Gasteiger partial charge in [-0.3, -0.25) is 0 Å². The van der Waals surface area contributed by atoms with Crippen molar-refractivity contribution >= 4 is 17.0 Å². The highest BCUT2D eigenvalue weighted by Crippen LogP contribution is 2.23. The zero-order valence-electron chi connectivity index (χ0n) is 10.3. The van der Waals surface area contributed by atoms with Gasteiger partial charge < -0.3 is 10.5 Å². The van der Waals surface area contributed by atoms with Crippen molar-refractivity contribution in [3.63, 3.8) is 0 Å². The van der Waals surface area contributed by atoms with E-state index >= 15 is 0 Å². The molecule has 3 nitrogen and oxygen atoms in total. The fourth-order valence-corrected chi connectivity index (χ4v) is 2.35. The Morgan fingerprint density at radius 1 is 1.50 bits per heavy atom. The summed E-state index contributed by atoms with van der Waals surface area (Å²) in [6, 6.07) is 5.66. The average Bonchev–Trinajstić information content (AvgIpc) is 2.75. The van der Waals surface area contributed by atoms with Crippen molar-refractivity contribution < 1.29 is 4.74 Å². The summed E-state index contributed by atoms with van der Waals surface area (Å²) in [5.41, 5.74) is 8.59. The van der Waals surface area contributed by atoms with Crippen LogP contribution in [0.15, 0.2) is 36.2 Å². The van der Waals surface area contributed by atoms with E-state index in [1.807, 2.05) is 36.6 Å². The summed E-state index contributed by atoms with van der Waals surface area (Å²) in [5.74, 6) is 0.844. The number of nitrogen functional groups attached to an aromatic ring is 1. The summed E-state index contributed by atoms with van der Waals surface area (Å²) in [6.07, 6.45) is 2.59. The van der Waals surface area contributed by atoms with Crippen LogP contribution in [0.5, 0.6) is 5.75 Å². The Hall–Kier alpha value is -1.81. The smallest absolute Gasteiger partial charge is 0.140 e. The van der Waals surface area contributed by atoms with Crippen LogP contribution in [0.2, 0.25) is 0 Å². The lowest BCUT2D eigenvalue weighted by molar-refractivity contribution is 0.303. The Bertz CT molecular complexity index is 548. The van der Waals surface area contributed by atoms with Gasteiger partial charge in [-0.25, -0.2) is 4.98 Å². The Morgan fingerprint density at radius 2 is 2.33 bits per heavy atom. The third kappa shape index (κ3) is 3.11. The van der Waals surface area contributed by atoms with Gasteiger partial charge in [0.1, 0.15) is 17.4 Å². The number of nitrogens with two attached hydrogens (primary N) is 1. The number of rotatable bonds is 5. The molecule has 0 bridgehead atoms. The van der Waals surface area contributed by atoms with Gasteiger partial charge in [-0.2, -0.15) is 0 Å². The Balaban J connectivity index is 2.10. The molecule has 2 rings (SSSR count). The second kappa shape index (κ2) is 5.69. The number of nitrogens with zero attached hydrogens (tertiary/aromatic N) is 1. The number of aromatic nitrogens is 1. The van der Waals surface area contributed by atoms with E-state index in [-0.39, 0.29) is 0 Å². The monoisotopic (exact) mass is 260 g/mol. The van der Waals surface area contributed by atoms with E-state index < -0.39 is 0 Å². The van der Waals surface area contributed by atoms with Crippen molar-refractivity contribution in [3.8, 4) is 5.75 Å². The van der Waals surface area contributed by atoms with Crippen LogP contribution in [0.1, 0.15) is 16.3 Å². The van der Waals surface area contributed by atoms with Crippen molar-refractivity contribution in [1.29, 1.82) is 0 Å². The van der Waals surface area contributed by atoms with Gasteiger partial charge in [-0.15, -0.1) is 17.9 Å². The largest absolute Gasteiger partial charge is 0.486 e. The zero-order chi connectivity index (χ0) is 13.0. The lowest BCUT2D eigenvalue weighted by Gasteiger charge is -2.10. The van der Waals surface area contributed by atoms with Crippen LogP contribution in [0.4, 0.5) is 5.69 Å². The molecule has 0 aliphatic heterocycles. The predicted octanol–water partition coefficient (Wildman–Crippen LogP) is 3.34. The maximum Gasteiger partial charge on any atom is 0.140 e. The molecule has 94 valence electrons. The van der Waals surface area contributed by atoms with Gasteiger partial charge in [0.15, 0.2) is 0 Å². The van der Waals surface area contributed by atoms with Crippen molar-refractivity contribution in [3.05, 3.63) is 52.5 Å². The minimum absolute atomic E-state index is 0.493. The van der Waals surface area contributed by atoms with Crippen LogP contribution in [0.3, 0.4) is 0 Å². The molecule has 1 aromatic heterocycles. The Labute approximate surface area is 111 Å². The summed E-state index contributed by atoms with van der Waals surface area (Å²) in [6.45, 7) is 6.21. The number of hydrogen-bond acceptors (Lipinski definition) is 4. The van der Waals surface area contributed by atoms with Crippen molar-refractivity contribution in [2.75, 3.05) is 5.73 Å². The third-order valence-electron chi connectivity index (χ3n) is 2.47. The standard InChI is InChI=1S/C14H16N2OS/c1-3-4-11-7-12(15)5-6-13(11)17-8-14-16-10(2)9-18-14/h3,5-7,9H,1,4,8,15H2,2H3. The van der Waals surface area contributed by atoms with E-state index in [0.29, 0.717) is 6.61 Å². The van der Waals surface area contributed by atoms with E-state index in [1.54, 1.807) is 11.3 Å². The van der Waals surface area contributed by atoms with Crippen LogP contribution in [-0.4, -0.2) is 4.98 Å². The van der Waals surface area contributed by atoms with Crippen LogP contribution < -0.4 is 10.5 Å². The first-order valence-electron chi connectivity index (χ1n) is 5.72. The van der Waals surface area contributed by atoms with Gasteiger partial charge in [0.25, 0.3) is 0 Å². The van der Waals surface area contributed by atoms with Gasteiger partial charge >= 0.3 is 0 Å². The lowest BCUT2D eigenvalue weighted by atomic mass is 10.1. The first kappa shape index (κ1) is 12.6. The Kier molecular flexibility index (Phi) is 3.99.